The van der Waals surface area contributed by atoms with Crippen molar-refractivity contribution in [3.63, 3.8) is 0 Å². The van der Waals surface area contributed by atoms with E-state index in [1.165, 1.54) is 38.5 Å². The number of hydrogen-bond donors (Lipinski definition) is 0. The number of nitrogens with zero attached hydrogens (tertiary/aromatic N) is 1. The van der Waals surface area contributed by atoms with Gasteiger partial charge in [-0.3, -0.25) is 4.48 Å². The normalized spacial score (nSPS) is 11.4. The minimum atomic E-state index is -0.266. The lowest BCUT2D eigenvalue weighted by Gasteiger charge is -2.35. The van der Waals surface area contributed by atoms with Gasteiger partial charge in [0.25, 0.3) is 0 Å². The van der Waals surface area contributed by atoms with E-state index in [0.717, 1.165) is 24.1 Å². The van der Waals surface area contributed by atoms with Crippen molar-refractivity contribution < 1.29 is 14.0 Å². The lowest BCUT2D eigenvalue weighted by atomic mass is 10.1. The highest BCUT2D eigenvalue weighted by molar-refractivity contribution is 5.86. The minimum Gasteiger partial charge on any atom is -0.412 e. The van der Waals surface area contributed by atoms with Crippen LogP contribution < -0.4 is 0 Å². The summed E-state index contributed by atoms with van der Waals surface area (Å²) in [5, 5.41) is 0. The van der Waals surface area contributed by atoms with E-state index in [0.29, 0.717) is 12.3 Å². The molecule has 0 saturated heterocycles. The highest BCUT2D eigenvalue weighted by Gasteiger charge is 2.24. The van der Waals surface area contributed by atoms with Gasteiger partial charge in [-0.15, -0.1) is 0 Å². The van der Waals surface area contributed by atoms with Gasteiger partial charge < -0.3 is 4.74 Å². The van der Waals surface area contributed by atoms with E-state index >= 15 is 0 Å². The predicted molar refractivity (Wildman–Crippen MR) is 85.4 cm³/mol. The van der Waals surface area contributed by atoms with Crippen molar-refractivity contribution in [3.8, 4) is 0 Å². The average molecular weight is 284 g/mol. The second-order valence-corrected chi connectivity index (χ2v) is 5.81. The lowest BCUT2D eigenvalue weighted by Crippen LogP contribution is -2.50. The maximum Gasteiger partial charge on any atom is 0.337 e. The number of unbranched alkanes of at least 4 members (excludes halogenated alkanes) is 5. The zero-order valence-corrected chi connectivity index (χ0v) is 14.0. The van der Waals surface area contributed by atoms with Crippen LogP contribution in [0.25, 0.3) is 0 Å². The number of ether oxygens (including phenoxy) is 1. The predicted octanol–water partition coefficient (Wildman–Crippen LogP) is 4.28. The fraction of sp³-hybridized carbons (Fsp3) is 0.824. The number of esters is 1. The van der Waals surface area contributed by atoms with Crippen LogP contribution in [0, 0.1) is 0 Å². The Morgan fingerprint density at radius 2 is 1.55 bits per heavy atom. The van der Waals surface area contributed by atoms with Crippen LogP contribution in [0.15, 0.2) is 12.2 Å². The van der Waals surface area contributed by atoms with Gasteiger partial charge in [0.05, 0.1) is 19.6 Å². The largest absolute Gasteiger partial charge is 0.412 e. The van der Waals surface area contributed by atoms with Gasteiger partial charge in [0.1, 0.15) is 0 Å². The highest BCUT2D eigenvalue weighted by Crippen LogP contribution is 2.13. The molecule has 0 aromatic rings. The molecule has 0 heterocycles. The van der Waals surface area contributed by atoms with E-state index < -0.39 is 0 Å². The number of hydrogen-bond acceptors (Lipinski definition) is 2. The molecule has 0 aromatic carbocycles. The molecule has 0 aliphatic rings. The molecule has 0 aliphatic carbocycles. The molecule has 118 valence electrons. The zero-order valence-electron chi connectivity index (χ0n) is 14.0. The van der Waals surface area contributed by atoms with E-state index in [1.54, 1.807) is 6.92 Å². The summed E-state index contributed by atoms with van der Waals surface area (Å²) < 4.78 is 6.25. The van der Waals surface area contributed by atoms with Gasteiger partial charge in [-0.1, -0.05) is 39.2 Å². The molecule has 0 unspecified atom stereocenters. The van der Waals surface area contributed by atoms with Gasteiger partial charge in [-0.2, -0.15) is 0 Å². The monoisotopic (exact) mass is 284 g/mol. The number of rotatable bonds is 12. The van der Waals surface area contributed by atoms with Gasteiger partial charge >= 0.3 is 5.97 Å². The van der Waals surface area contributed by atoms with Crippen molar-refractivity contribution in [3.05, 3.63) is 12.2 Å². The van der Waals surface area contributed by atoms with E-state index in [1.807, 2.05) is 0 Å². The third-order valence-corrected chi connectivity index (χ3v) is 4.15. The molecule has 0 fully saturated rings. The third-order valence-electron chi connectivity index (χ3n) is 4.15. The van der Waals surface area contributed by atoms with Crippen molar-refractivity contribution in [2.45, 2.75) is 66.2 Å². The molecule has 0 N–H and O–H groups in total. The summed E-state index contributed by atoms with van der Waals surface area (Å²) in [5.74, 6) is -0.266. The summed E-state index contributed by atoms with van der Waals surface area (Å²) in [6.45, 7) is 15.5. The highest BCUT2D eigenvalue weighted by atomic mass is 16.5. The van der Waals surface area contributed by atoms with E-state index in [2.05, 4.69) is 27.4 Å². The van der Waals surface area contributed by atoms with Gasteiger partial charge in [-0.25, -0.2) is 4.79 Å². The van der Waals surface area contributed by atoms with Gasteiger partial charge in [0.15, 0.2) is 0 Å². The molecular weight excluding hydrogens is 250 g/mol. The van der Waals surface area contributed by atoms with Crippen LogP contribution in [0.4, 0.5) is 0 Å². The first-order chi connectivity index (χ1) is 9.51. The van der Waals surface area contributed by atoms with Crippen LogP contribution in [0.2, 0.25) is 0 Å². The standard InChI is InChI=1S/C17H34NO2/c1-6-9-10-11-12-13-14-18(7-2,8-3)15-20-17(19)16(4)5/h4,6-15H2,1-3,5H3/q+1. The summed E-state index contributed by atoms with van der Waals surface area (Å²) in [6, 6.07) is 0. The smallest absolute Gasteiger partial charge is 0.337 e. The van der Waals surface area contributed by atoms with Gasteiger partial charge in [-0.05, 0) is 33.6 Å². The Labute approximate surface area is 125 Å². The van der Waals surface area contributed by atoms with E-state index in [9.17, 15) is 4.79 Å². The molecule has 0 rings (SSSR count). The van der Waals surface area contributed by atoms with Crippen LogP contribution in [-0.4, -0.2) is 36.8 Å². The fourth-order valence-electron chi connectivity index (χ4n) is 2.33. The van der Waals surface area contributed by atoms with Crippen molar-refractivity contribution in [1.29, 1.82) is 0 Å². The first kappa shape index (κ1) is 19.2. The van der Waals surface area contributed by atoms with Crippen molar-refractivity contribution in [2.24, 2.45) is 0 Å². The summed E-state index contributed by atoms with van der Waals surface area (Å²) in [7, 11) is 0. The first-order valence-electron chi connectivity index (χ1n) is 8.19. The molecule has 3 heteroatoms. The van der Waals surface area contributed by atoms with Crippen LogP contribution >= 0.6 is 0 Å². The Kier molecular flexibility index (Phi) is 10.4. The van der Waals surface area contributed by atoms with Crippen LogP contribution in [-0.2, 0) is 9.53 Å². The molecule has 0 aliphatic heterocycles. The van der Waals surface area contributed by atoms with Crippen molar-refractivity contribution in [2.75, 3.05) is 26.4 Å². The van der Waals surface area contributed by atoms with Crippen LogP contribution in [0.1, 0.15) is 66.2 Å². The van der Waals surface area contributed by atoms with Gasteiger partial charge in [0.2, 0.25) is 6.73 Å². The fourth-order valence-corrected chi connectivity index (χ4v) is 2.33. The summed E-state index contributed by atoms with van der Waals surface area (Å²) >= 11 is 0. The molecule has 20 heavy (non-hydrogen) atoms. The van der Waals surface area contributed by atoms with Gasteiger partial charge in [0, 0.05) is 5.57 Å². The first-order valence-corrected chi connectivity index (χ1v) is 8.19. The third kappa shape index (κ3) is 7.68. The summed E-state index contributed by atoms with van der Waals surface area (Å²) in [5.41, 5.74) is 0.481. The number of carbonyl (C=O) groups excluding carboxylic acids is 1. The van der Waals surface area contributed by atoms with Crippen LogP contribution in [0.5, 0.6) is 0 Å². The molecule has 0 amide bonds. The average Bonchev–Trinajstić information content (AvgIpc) is 2.45. The van der Waals surface area contributed by atoms with E-state index in [4.69, 9.17) is 4.74 Å². The molecule has 0 spiro atoms. The second-order valence-electron chi connectivity index (χ2n) is 5.81. The molecule has 0 saturated carbocycles. The second kappa shape index (κ2) is 10.9. The minimum absolute atomic E-state index is 0.266. The molecular formula is C17H34NO2+. The maximum atomic E-state index is 11.5. The zero-order chi connectivity index (χ0) is 15.4. The maximum absolute atomic E-state index is 11.5. The number of carbonyl (C=O) groups is 1. The van der Waals surface area contributed by atoms with Crippen LogP contribution in [0.3, 0.4) is 0 Å². The topological polar surface area (TPSA) is 26.3 Å². The Bertz CT molecular complexity index is 283. The lowest BCUT2D eigenvalue weighted by molar-refractivity contribution is -0.940. The molecule has 0 bridgehead atoms. The Balaban J connectivity index is 4.11. The molecule has 0 radical (unpaired) electrons. The summed E-state index contributed by atoms with van der Waals surface area (Å²) in [6.07, 6.45) is 7.81. The SMILES string of the molecule is C=C(C)C(=O)OC[N+](CC)(CC)CCCCCCCC. The molecule has 0 atom stereocenters. The summed E-state index contributed by atoms with van der Waals surface area (Å²) in [4.78, 5) is 11.5. The Hall–Kier alpha value is -0.830. The Morgan fingerprint density at radius 3 is 2.05 bits per heavy atom. The molecule has 3 nitrogen and oxygen atoms in total. The number of quaternary nitrogens is 1. The van der Waals surface area contributed by atoms with E-state index in [-0.39, 0.29) is 5.97 Å². The van der Waals surface area contributed by atoms with Crippen molar-refractivity contribution >= 4 is 5.97 Å². The quantitative estimate of drug-likeness (QED) is 0.176. The Morgan fingerprint density at radius 1 is 1.00 bits per heavy atom. The molecule has 0 aromatic heterocycles. The van der Waals surface area contributed by atoms with Crippen molar-refractivity contribution in [1.82, 2.24) is 0 Å².